The van der Waals surface area contributed by atoms with Gasteiger partial charge >= 0.3 is 0 Å². The van der Waals surface area contributed by atoms with E-state index in [1.54, 1.807) is 12.1 Å². The van der Waals surface area contributed by atoms with Gasteiger partial charge in [0.1, 0.15) is 0 Å². The van der Waals surface area contributed by atoms with E-state index in [-0.39, 0.29) is 26.1 Å². The lowest BCUT2D eigenvalue weighted by molar-refractivity contribution is -0.00965. The van der Waals surface area contributed by atoms with E-state index >= 15 is 0 Å². The van der Waals surface area contributed by atoms with Crippen molar-refractivity contribution < 1.29 is 15.3 Å². The van der Waals surface area contributed by atoms with Gasteiger partial charge in [-0.05, 0) is 5.56 Å². The minimum Gasteiger partial charge on any atom is -0.396 e. The van der Waals surface area contributed by atoms with Gasteiger partial charge in [0.05, 0.1) is 5.60 Å². The predicted molar refractivity (Wildman–Crippen MR) is 53.7 cm³/mol. The molecule has 1 rings (SSSR count). The molecule has 0 amide bonds. The number of rotatable bonds is 5. The summed E-state index contributed by atoms with van der Waals surface area (Å²) in [5, 5.41) is 27.9. The quantitative estimate of drug-likeness (QED) is 0.647. The Labute approximate surface area is 83.6 Å². The Hall–Kier alpha value is -0.900. The van der Waals surface area contributed by atoms with Crippen LogP contribution in [0.25, 0.3) is 0 Å². The van der Waals surface area contributed by atoms with E-state index in [1.807, 2.05) is 18.2 Å². The first kappa shape index (κ1) is 11.2. The maximum atomic E-state index is 10.2. The van der Waals surface area contributed by atoms with E-state index in [0.29, 0.717) is 0 Å². The summed E-state index contributed by atoms with van der Waals surface area (Å²) in [6, 6.07) is 9.11. The molecule has 0 saturated heterocycles. The van der Waals surface area contributed by atoms with Crippen LogP contribution in [-0.2, 0) is 5.60 Å². The third-order valence-corrected chi connectivity index (χ3v) is 2.36. The Morgan fingerprint density at radius 3 is 1.86 bits per heavy atom. The van der Waals surface area contributed by atoms with Crippen LogP contribution in [0.3, 0.4) is 0 Å². The molecule has 0 aromatic heterocycles. The molecule has 0 aliphatic carbocycles. The second kappa shape index (κ2) is 5.10. The van der Waals surface area contributed by atoms with Gasteiger partial charge in [-0.1, -0.05) is 30.3 Å². The van der Waals surface area contributed by atoms with Crippen LogP contribution in [0.1, 0.15) is 18.4 Å². The monoisotopic (exact) mass is 196 g/mol. The normalized spacial score (nSPS) is 11.6. The molecule has 78 valence electrons. The second-order valence-corrected chi connectivity index (χ2v) is 3.34. The first-order chi connectivity index (χ1) is 6.73. The van der Waals surface area contributed by atoms with Crippen LogP contribution in [0.15, 0.2) is 30.3 Å². The van der Waals surface area contributed by atoms with Gasteiger partial charge in [0, 0.05) is 26.1 Å². The maximum Gasteiger partial charge on any atom is 0.0940 e. The Morgan fingerprint density at radius 1 is 0.929 bits per heavy atom. The fourth-order valence-electron chi connectivity index (χ4n) is 1.53. The third-order valence-electron chi connectivity index (χ3n) is 2.36. The molecule has 14 heavy (non-hydrogen) atoms. The van der Waals surface area contributed by atoms with E-state index in [4.69, 9.17) is 10.2 Å². The standard InChI is InChI=1S/C11H16O3/c12-8-6-11(14,7-9-13)10-4-2-1-3-5-10/h1-5,12-14H,6-9H2. The summed E-state index contributed by atoms with van der Waals surface area (Å²) in [7, 11) is 0. The fraction of sp³-hybridized carbons (Fsp3) is 0.455. The average molecular weight is 196 g/mol. The van der Waals surface area contributed by atoms with Crippen molar-refractivity contribution in [1.29, 1.82) is 0 Å². The van der Waals surface area contributed by atoms with E-state index in [9.17, 15) is 5.11 Å². The number of benzene rings is 1. The van der Waals surface area contributed by atoms with Crippen LogP contribution in [-0.4, -0.2) is 28.5 Å². The van der Waals surface area contributed by atoms with E-state index in [1.165, 1.54) is 0 Å². The van der Waals surface area contributed by atoms with Crippen molar-refractivity contribution in [2.75, 3.05) is 13.2 Å². The molecular weight excluding hydrogens is 180 g/mol. The lowest BCUT2D eigenvalue weighted by Gasteiger charge is -2.27. The second-order valence-electron chi connectivity index (χ2n) is 3.34. The molecule has 0 radical (unpaired) electrons. The van der Waals surface area contributed by atoms with Crippen molar-refractivity contribution in [2.24, 2.45) is 0 Å². The number of aliphatic hydroxyl groups excluding tert-OH is 2. The van der Waals surface area contributed by atoms with Crippen molar-refractivity contribution in [3.63, 3.8) is 0 Å². The fourth-order valence-corrected chi connectivity index (χ4v) is 1.53. The van der Waals surface area contributed by atoms with Gasteiger partial charge in [-0.2, -0.15) is 0 Å². The van der Waals surface area contributed by atoms with Gasteiger partial charge in [-0.15, -0.1) is 0 Å². The molecule has 0 unspecified atom stereocenters. The van der Waals surface area contributed by atoms with Gasteiger partial charge in [0.15, 0.2) is 0 Å². The Morgan fingerprint density at radius 2 is 1.43 bits per heavy atom. The largest absolute Gasteiger partial charge is 0.396 e. The third kappa shape index (κ3) is 2.54. The zero-order valence-corrected chi connectivity index (χ0v) is 8.06. The molecule has 1 aromatic carbocycles. The predicted octanol–water partition coefficient (Wildman–Crippen LogP) is 0.639. The summed E-state index contributed by atoms with van der Waals surface area (Å²) in [4.78, 5) is 0. The van der Waals surface area contributed by atoms with Crippen LogP contribution in [0.4, 0.5) is 0 Å². The minimum absolute atomic E-state index is 0.0919. The van der Waals surface area contributed by atoms with Crippen molar-refractivity contribution in [3.8, 4) is 0 Å². The Bertz CT molecular complexity index is 252. The number of aliphatic hydroxyl groups is 3. The molecule has 0 aliphatic rings. The summed E-state index contributed by atoms with van der Waals surface area (Å²) in [6.07, 6.45) is 0.495. The highest BCUT2D eigenvalue weighted by Gasteiger charge is 2.27. The topological polar surface area (TPSA) is 60.7 Å². The van der Waals surface area contributed by atoms with E-state index in [0.717, 1.165) is 5.56 Å². The molecule has 0 bridgehead atoms. The number of hydrogen-bond acceptors (Lipinski definition) is 3. The molecule has 3 nitrogen and oxygen atoms in total. The van der Waals surface area contributed by atoms with Crippen molar-refractivity contribution in [1.82, 2.24) is 0 Å². The molecule has 1 aromatic rings. The summed E-state index contributed by atoms with van der Waals surface area (Å²) in [6.45, 7) is -0.184. The van der Waals surface area contributed by atoms with Crippen LogP contribution in [0.2, 0.25) is 0 Å². The van der Waals surface area contributed by atoms with Crippen LogP contribution < -0.4 is 0 Å². The minimum atomic E-state index is -1.11. The smallest absolute Gasteiger partial charge is 0.0940 e. The molecule has 0 heterocycles. The van der Waals surface area contributed by atoms with E-state index < -0.39 is 5.60 Å². The molecule has 0 spiro atoms. The lowest BCUT2D eigenvalue weighted by atomic mass is 9.88. The lowest BCUT2D eigenvalue weighted by Crippen LogP contribution is -2.28. The summed E-state index contributed by atoms with van der Waals surface area (Å²) >= 11 is 0. The van der Waals surface area contributed by atoms with Crippen molar-refractivity contribution in [2.45, 2.75) is 18.4 Å². The highest BCUT2D eigenvalue weighted by Crippen LogP contribution is 2.27. The zero-order valence-electron chi connectivity index (χ0n) is 8.06. The van der Waals surface area contributed by atoms with Gasteiger partial charge in [-0.25, -0.2) is 0 Å². The molecule has 3 heteroatoms. The van der Waals surface area contributed by atoms with Gasteiger partial charge in [0.2, 0.25) is 0 Å². The van der Waals surface area contributed by atoms with Gasteiger partial charge in [0.25, 0.3) is 0 Å². The van der Waals surface area contributed by atoms with Crippen LogP contribution in [0.5, 0.6) is 0 Å². The summed E-state index contributed by atoms with van der Waals surface area (Å²) in [5.41, 5.74) is -0.367. The summed E-state index contributed by atoms with van der Waals surface area (Å²) in [5.74, 6) is 0. The molecule has 0 saturated carbocycles. The first-order valence-corrected chi connectivity index (χ1v) is 4.72. The molecule has 3 N–H and O–H groups in total. The Kier molecular flexibility index (Phi) is 4.07. The highest BCUT2D eigenvalue weighted by molar-refractivity contribution is 5.22. The molecule has 0 fully saturated rings. The number of hydrogen-bond donors (Lipinski definition) is 3. The highest BCUT2D eigenvalue weighted by atomic mass is 16.3. The van der Waals surface area contributed by atoms with E-state index in [2.05, 4.69) is 0 Å². The molecular formula is C11H16O3. The molecule has 0 aliphatic heterocycles. The SMILES string of the molecule is OCCC(O)(CCO)c1ccccc1. The van der Waals surface area contributed by atoms with Crippen molar-refractivity contribution >= 4 is 0 Å². The van der Waals surface area contributed by atoms with Crippen LogP contribution in [0, 0.1) is 0 Å². The first-order valence-electron chi connectivity index (χ1n) is 4.72. The average Bonchev–Trinajstić information content (AvgIpc) is 2.20. The molecule has 0 atom stereocenters. The Balaban J connectivity index is 2.87. The maximum absolute atomic E-state index is 10.2. The summed E-state index contributed by atoms with van der Waals surface area (Å²) < 4.78 is 0. The van der Waals surface area contributed by atoms with Gasteiger partial charge < -0.3 is 15.3 Å². The van der Waals surface area contributed by atoms with Gasteiger partial charge in [-0.3, -0.25) is 0 Å². The van der Waals surface area contributed by atoms with Crippen LogP contribution >= 0.6 is 0 Å². The van der Waals surface area contributed by atoms with Crippen molar-refractivity contribution in [3.05, 3.63) is 35.9 Å². The zero-order chi connectivity index (χ0) is 10.4.